The molecule has 0 spiro atoms. The lowest BCUT2D eigenvalue weighted by Gasteiger charge is -2.44. The van der Waals surface area contributed by atoms with Gasteiger partial charge in [-0.2, -0.15) is 0 Å². The summed E-state index contributed by atoms with van der Waals surface area (Å²) in [7, 11) is 1.91. The summed E-state index contributed by atoms with van der Waals surface area (Å²) in [6.45, 7) is 2.07. The number of carbonyl (C=O) groups is 1. The van der Waals surface area contributed by atoms with Crippen molar-refractivity contribution in [1.29, 1.82) is 0 Å². The van der Waals surface area contributed by atoms with Gasteiger partial charge in [0.2, 0.25) is 5.91 Å². The molecule has 0 aromatic heterocycles. The first-order valence-electron chi connectivity index (χ1n) is 8.75. The van der Waals surface area contributed by atoms with E-state index in [4.69, 9.17) is 17.3 Å². The average molecular weight is 371 g/mol. The predicted molar refractivity (Wildman–Crippen MR) is 101 cm³/mol. The minimum absolute atomic E-state index is 0. The molecule has 0 saturated heterocycles. The van der Waals surface area contributed by atoms with Crippen LogP contribution in [0.5, 0.6) is 0 Å². The Morgan fingerprint density at radius 2 is 1.92 bits per heavy atom. The van der Waals surface area contributed by atoms with Gasteiger partial charge >= 0.3 is 0 Å². The van der Waals surface area contributed by atoms with Crippen molar-refractivity contribution in [3.8, 4) is 0 Å². The van der Waals surface area contributed by atoms with Crippen LogP contribution in [0, 0.1) is 17.8 Å². The van der Waals surface area contributed by atoms with E-state index in [1.807, 2.05) is 36.2 Å². The zero-order valence-electron chi connectivity index (χ0n) is 14.5. The Morgan fingerprint density at radius 1 is 1.29 bits per heavy atom. The fraction of sp³-hybridized carbons (Fsp3) is 0.632. The van der Waals surface area contributed by atoms with Crippen LogP contribution < -0.4 is 5.73 Å². The molecule has 2 fully saturated rings. The Kier molecular flexibility index (Phi) is 6.58. The average Bonchev–Trinajstić information content (AvgIpc) is 2.52. The lowest BCUT2D eigenvalue weighted by atomic mass is 9.65. The third-order valence-corrected chi connectivity index (χ3v) is 6.26. The number of carbonyl (C=O) groups excluding carboxylic acids is 1. The van der Waals surface area contributed by atoms with Gasteiger partial charge in [-0.15, -0.1) is 12.4 Å². The predicted octanol–water partition coefficient (Wildman–Crippen LogP) is 4.43. The fourth-order valence-corrected chi connectivity index (χ4v) is 4.66. The van der Waals surface area contributed by atoms with Crippen molar-refractivity contribution >= 4 is 29.9 Å². The molecular formula is C19H28Cl2N2O. The van der Waals surface area contributed by atoms with Crippen molar-refractivity contribution in [3.05, 3.63) is 34.9 Å². The van der Waals surface area contributed by atoms with Crippen molar-refractivity contribution in [2.24, 2.45) is 23.5 Å². The number of hydrogen-bond donors (Lipinski definition) is 1. The summed E-state index contributed by atoms with van der Waals surface area (Å²) < 4.78 is 0. The normalized spacial score (nSPS) is 30.2. The number of amides is 1. The molecule has 3 atom stereocenters. The maximum absolute atomic E-state index is 13.0. The molecule has 2 aliphatic carbocycles. The SMILES string of the molecule is CC(c1cccc(Cl)c1)N(C)C(=O)C1CC2CCCC(C1)C2N.Cl. The number of nitrogens with two attached hydrogens (primary N) is 1. The molecule has 2 bridgehead atoms. The summed E-state index contributed by atoms with van der Waals surface area (Å²) in [4.78, 5) is 14.9. The third-order valence-electron chi connectivity index (χ3n) is 6.02. The number of fused-ring (bicyclic) bond motifs is 2. The number of rotatable bonds is 3. The van der Waals surface area contributed by atoms with Crippen molar-refractivity contribution in [1.82, 2.24) is 4.90 Å². The Labute approximate surface area is 156 Å². The highest BCUT2D eigenvalue weighted by molar-refractivity contribution is 6.30. The van der Waals surface area contributed by atoms with Crippen LogP contribution in [0.25, 0.3) is 0 Å². The van der Waals surface area contributed by atoms with Crippen molar-refractivity contribution in [3.63, 3.8) is 0 Å². The van der Waals surface area contributed by atoms with Gasteiger partial charge in [-0.25, -0.2) is 0 Å². The van der Waals surface area contributed by atoms with E-state index in [9.17, 15) is 4.79 Å². The van der Waals surface area contributed by atoms with Crippen LogP contribution in [0.15, 0.2) is 24.3 Å². The van der Waals surface area contributed by atoms with Crippen LogP contribution in [0.3, 0.4) is 0 Å². The first-order valence-corrected chi connectivity index (χ1v) is 9.13. The molecule has 1 aromatic carbocycles. The molecule has 1 aromatic rings. The molecule has 2 saturated carbocycles. The molecule has 0 aliphatic heterocycles. The zero-order valence-corrected chi connectivity index (χ0v) is 16.0. The summed E-state index contributed by atoms with van der Waals surface area (Å²) in [6.07, 6.45) is 5.58. The molecule has 3 nitrogen and oxygen atoms in total. The Bertz CT molecular complexity index is 566. The second kappa shape index (κ2) is 8.07. The van der Waals surface area contributed by atoms with Crippen molar-refractivity contribution in [2.75, 3.05) is 7.05 Å². The highest BCUT2D eigenvalue weighted by Gasteiger charge is 2.41. The van der Waals surface area contributed by atoms with Crippen LogP contribution in [0.2, 0.25) is 5.02 Å². The smallest absolute Gasteiger partial charge is 0.225 e. The monoisotopic (exact) mass is 370 g/mol. The number of benzene rings is 1. The highest BCUT2D eigenvalue weighted by Crippen LogP contribution is 2.42. The molecule has 3 rings (SSSR count). The van der Waals surface area contributed by atoms with Gasteiger partial charge in [0.1, 0.15) is 0 Å². The lowest BCUT2D eigenvalue weighted by Crippen LogP contribution is -2.49. The van der Waals surface area contributed by atoms with Crippen molar-refractivity contribution in [2.45, 2.75) is 51.1 Å². The Morgan fingerprint density at radius 3 is 2.50 bits per heavy atom. The maximum atomic E-state index is 13.0. The second-order valence-corrected chi connectivity index (χ2v) is 7.81. The molecule has 2 N–H and O–H groups in total. The first kappa shape index (κ1) is 19.6. The van der Waals surface area contributed by atoms with Gasteiger partial charge in [0.25, 0.3) is 0 Å². The Balaban J connectivity index is 0.00000208. The number of nitrogens with zero attached hydrogens (tertiary/aromatic N) is 1. The van der Waals surface area contributed by atoms with Gasteiger partial charge in [-0.1, -0.05) is 30.2 Å². The Hall–Kier alpha value is -0.770. The molecule has 0 radical (unpaired) electrons. The molecule has 1 amide bonds. The zero-order chi connectivity index (χ0) is 16.6. The minimum atomic E-state index is 0. The van der Waals surface area contributed by atoms with Gasteiger partial charge in [0.15, 0.2) is 0 Å². The molecule has 5 heteroatoms. The molecule has 24 heavy (non-hydrogen) atoms. The molecule has 2 aliphatic rings. The molecule has 3 unspecified atom stereocenters. The number of halogens is 2. The molecule has 134 valence electrons. The quantitative estimate of drug-likeness (QED) is 0.854. The van der Waals surface area contributed by atoms with Crippen LogP contribution in [-0.4, -0.2) is 23.9 Å². The van der Waals surface area contributed by atoms with Gasteiger partial charge < -0.3 is 10.6 Å². The van der Waals surface area contributed by atoms with E-state index in [0.717, 1.165) is 18.4 Å². The van der Waals surface area contributed by atoms with Gasteiger partial charge in [-0.3, -0.25) is 4.79 Å². The van der Waals surface area contributed by atoms with Crippen molar-refractivity contribution < 1.29 is 4.79 Å². The van der Waals surface area contributed by atoms with E-state index in [-0.39, 0.29) is 30.3 Å². The highest BCUT2D eigenvalue weighted by atomic mass is 35.5. The fourth-order valence-electron chi connectivity index (χ4n) is 4.46. The lowest BCUT2D eigenvalue weighted by molar-refractivity contribution is -0.139. The maximum Gasteiger partial charge on any atom is 0.225 e. The minimum Gasteiger partial charge on any atom is -0.339 e. The number of hydrogen-bond acceptors (Lipinski definition) is 2. The topological polar surface area (TPSA) is 46.3 Å². The van der Waals surface area contributed by atoms with E-state index >= 15 is 0 Å². The van der Waals surface area contributed by atoms with E-state index in [2.05, 4.69) is 6.92 Å². The van der Waals surface area contributed by atoms with E-state index in [1.165, 1.54) is 19.3 Å². The summed E-state index contributed by atoms with van der Waals surface area (Å²) >= 11 is 6.09. The molecule has 0 heterocycles. The van der Waals surface area contributed by atoms with Crippen LogP contribution in [-0.2, 0) is 4.79 Å². The van der Waals surface area contributed by atoms with Gasteiger partial charge in [-0.05, 0) is 62.1 Å². The second-order valence-electron chi connectivity index (χ2n) is 7.38. The summed E-state index contributed by atoms with van der Waals surface area (Å²) in [5.41, 5.74) is 7.43. The standard InChI is InChI=1S/C19H27ClN2O.ClH/c1-12(13-5-4-8-17(20)11-13)22(2)19(23)16-9-14-6-3-7-15(10-16)18(14)21;/h4-5,8,11-12,14-16,18H,3,6-7,9-10,21H2,1-2H3;1H. The van der Waals surface area contributed by atoms with E-state index in [1.54, 1.807) is 0 Å². The van der Waals surface area contributed by atoms with Crippen LogP contribution in [0.4, 0.5) is 0 Å². The third kappa shape index (κ3) is 3.89. The van der Waals surface area contributed by atoms with Crippen LogP contribution in [0.1, 0.15) is 50.6 Å². The summed E-state index contributed by atoms with van der Waals surface area (Å²) in [6, 6.07) is 8.13. The van der Waals surface area contributed by atoms with Crippen LogP contribution >= 0.6 is 24.0 Å². The summed E-state index contributed by atoms with van der Waals surface area (Å²) in [5, 5.41) is 0.716. The van der Waals surface area contributed by atoms with E-state index < -0.39 is 0 Å². The summed E-state index contributed by atoms with van der Waals surface area (Å²) in [5.74, 6) is 1.47. The molecular weight excluding hydrogens is 343 g/mol. The van der Waals surface area contributed by atoms with Gasteiger partial charge in [0, 0.05) is 24.0 Å². The van der Waals surface area contributed by atoms with E-state index in [0.29, 0.717) is 22.9 Å². The first-order chi connectivity index (χ1) is 11.0. The largest absolute Gasteiger partial charge is 0.339 e. The van der Waals surface area contributed by atoms with Gasteiger partial charge in [0.05, 0.1) is 6.04 Å².